The monoisotopic (exact) mass is 339 g/mol. The zero-order chi connectivity index (χ0) is 17.4. The van der Waals surface area contributed by atoms with Gasteiger partial charge in [0.05, 0.1) is 0 Å². The number of amides is 1. The summed E-state index contributed by atoms with van der Waals surface area (Å²) < 4.78 is 0. The first-order valence-electron chi connectivity index (χ1n) is 9.58. The van der Waals surface area contributed by atoms with E-state index < -0.39 is 0 Å². The van der Waals surface area contributed by atoms with Gasteiger partial charge in [-0.25, -0.2) is 0 Å². The van der Waals surface area contributed by atoms with Crippen molar-refractivity contribution in [2.24, 2.45) is 5.41 Å². The number of nitrogens with one attached hydrogen (secondary N) is 1. The van der Waals surface area contributed by atoms with E-state index in [9.17, 15) is 4.79 Å². The van der Waals surface area contributed by atoms with Crippen LogP contribution in [0.5, 0.6) is 0 Å². The van der Waals surface area contributed by atoms with Crippen LogP contribution in [0.3, 0.4) is 0 Å². The lowest BCUT2D eigenvalue weighted by atomic mass is 9.79. The molecule has 134 valence electrons. The first-order chi connectivity index (χ1) is 12.0. The van der Waals surface area contributed by atoms with Crippen LogP contribution in [0.25, 0.3) is 10.9 Å². The minimum absolute atomic E-state index is 0.326. The molecule has 4 nitrogen and oxygen atoms in total. The molecule has 1 aromatic carbocycles. The first-order valence-corrected chi connectivity index (χ1v) is 9.58. The lowest BCUT2D eigenvalue weighted by molar-refractivity contribution is -0.130. The average molecular weight is 339 g/mol. The third kappa shape index (κ3) is 3.32. The van der Waals surface area contributed by atoms with Crippen molar-refractivity contribution < 1.29 is 4.79 Å². The molecule has 0 saturated carbocycles. The van der Waals surface area contributed by atoms with Crippen LogP contribution in [0.4, 0.5) is 0 Å². The lowest BCUT2D eigenvalue weighted by Gasteiger charge is -2.38. The standard InChI is InChI=1S/C21H29N3O/c1-16-4-6-19-18(12-16)17(13-22-19)5-7-20(25)24-11-9-21(15-24)8-3-10-23(2)14-21/h4,6,12-13,22H,3,5,7-11,14-15H2,1-2H3. The smallest absolute Gasteiger partial charge is 0.222 e. The van der Waals surface area contributed by atoms with E-state index in [-0.39, 0.29) is 0 Å². The van der Waals surface area contributed by atoms with Crippen molar-refractivity contribution in [2.45, 2.75) is 39.0 Å². The first kappa shape index (κ1) is 16.6. The molecule has 1 atom stereocenters. The highest BCUT2D eigenvalue weighted by Crippen LogP contribution is 2.38. The number of likely N-dealkylation sites (tertiary alicyclic amines) is 2. The second-order valence-electron chi connectivity index (χ2n) is 8.27. The van der Waals surface area contributed by atoms with Crippen LogP contribution in [-0.4, -0.2) is 53.9 Å². The zero-order valence-electron chi connectivity index (χ0n) is 15.5. The number of aromatic nitrogens is 1. The molecule has 4 rings (SSSR count). The summed E-state index contributed by atoms with van der Waals surface area (Å²) >= 11 is 0. The number of benzene rings is 1. The summed E-state index contributed by atoms with van der Waals surface area (Å²) in [6.45, 7) is 6.38. The second-order valence-corrected chi connectivity index (χ2v) is 8.27. The van der Waals surface area contributed by atoms with Crippen LogP contribution in [0, 0.1) is 12.3 Å². The van der Waals surface area contributed by atoms with Crippen LogP contribution < -0.4 is 0 Å². The maximum Gasteiger partial charge on any atom is 0.222 e. The van der Waals surface area contributed by atoms with Gasteiger partial charge < -0.3 is 14.8 Å². The number of hydrogen-bond donors (Lipinski definition) is 1. The summed E-state index contributed by atoms with van der Waals surface area (Å²) in [7, 11) is 2.21. The molecule has 0 bridgehead atoms. The fraction of sp³-hybridized carbons (Fsp3) is 0.571. The Hall–Kier alpha value is -1.81. The zero-order valence-corrected chi connectivity index (χ0v) is 15.5. The molecule has 3 heterocycles. The number of fused-ring (bicyclic) bond motifs is 1. The summed E-state index contributed by atoms with van der Waals surface area (Å²) in [6, 6.07) is 6.47. The average Bonchev–Trinajstić information content (AvgIpc) is 3.17. The molecule has 25 heavy (non-hydrogen) atoms. The molecule has 1 spiro atoms. The molecule has 2 aliphatic rings. The lowest BCUT2D eigenvalue weighted by Crippen LogP contribution is -2.43. The Kier molecular flexibility index (Phi) is 4.32. The van der Waals surface area contributed by atoms with Gasteiger partial charge in [0, 0.05) is 48.6 Å². The van der Waals surface area contributed by atoms with Gasteiger partial charge in [-0.2, -0.15) is 0 Å². The third-order valence-corrected chi connectivity index (χ3v) is 6.17. The predicted molar refractivity (Wildman–Crippen MR) is 102 cm³/mol. The van der Waals surface area contributed by atoms with Crippen molar-refractivity contribution in [2.75, 3.05) is 33.2 Å². The van der Waals surface area contributed by atoms with Gasteiger partial charge in [0.2, 0.25) is 5.91 Å². The number of aryl methyl sites for hydroxylation is 2. The molecule has 2 fully saturated rings. The Morgan fingerprint density at radius 1 is 1.24 bits per heavy atom. The topological polar surface area (TPSA) is 39.3 Å². The molecule has 1 amide bonds. The van der Waals surface area contributed by atoms with Gasteiger partial charge in [-0.3, -0.25) is 4.79 Å². The van der Waals surface area contributed by atoms with Crippen molar-refractivity contribution in [3.05, 3.63) is 35.5 Å². The van der Waals surface area contributed by atoms with Crippen LogP contribution in [0.2, 0.25) is 0 Å². The van der Waals surface area contributed by atoms with E-state index in [4.69, 9.17) is 0 Å². The van der Waals surface area contributed by atoms with Gasteiger partial charge in [-0.15, -0.1) is 0 Å². The number of H-pyrrole nitrogens is 1. The van der Waals surface area contributed by atoms with Crippen LogP contribution in [-0.2, 0) is 11.2 Å². The van der Waals surface area contributed by atoms with Crippen LogP contribution in [0.1, 0.15) is 36.8 Å². The largest absolute Gasteiger partial charge is 0.361 e. The normalized spacial score (nSPS) is 24.5. The highest BCUT2D eigenvalue weighted by atomic mass is 16.2. The molecular formula is C21H29N3O. The van der Waals surface area contributed by atoms with E-state index in [0.29, 0.717) is 17.7 Å². The van der Waals surface area contributed by atoms with Gasteiger partial charge >= 0.3 is 0 Å². The van der Waals surface area contributed by atoms with Crippen LogP contribution in [0.15, 0.2) is 24.4 Å². The van der Waals surface area contributed by atoms with Crippen molar-refractivity contribution >= 4 is 16.8 Å². The number of carbonyl (C=O) groups is 1. The molecule has 4 heteroatoms. The summed E-state index contributed by atoms with van der Waals surface area (Å²) in [4.78, 5) is 20.6. The number of nitrogens with zero attached hydrogens (tertiary/aromatic N) is 2. The summed E-state index contributed by atoms with van der Waals surface area (Å²) in [5.74, 6) is 0.326. The number of rotatable bonds is 3. The summed E-state index contributed by atoms with van der Waals surface area (Å²) in [5.41, 5.74) is 4.06. The van der Waals surface area contributed by atoms with E-state index in [1.165, 1.54) is 47.8 Å². The maximum atomic E-state index is 12.8. The van der Waals surface area contributed by atoms with E-state index in [2.05, 4.69) is 53.2 Å². The van der Waals surface area contributed by atoms with Gasteiger partial charge in [0.15, 0.2) is 0 Å². The minimum Gasteiger partial charge on any atom is -0.361 e. The molecule has 2 saturated heterocycles. The Labute approximate surface area is 150 Å². The van der Waals surface area contributed by atoms with Crippen molar-refractivity contribution in [3.63, 3.8) is 0 Å². The number of piperidine rings is 1. The number of hydrogen-bond acceptors (Lipinski definition) is 2. The van der Waals surface area contributed by atoms with E-state index in [1.807, 2.05) is 0 Å². The minimum atomic E-state index is 0.326. The van der Waals surface area contributed by atoms with E-state index in [0.717, 1.165) is 26.1 Å². The molecule has 2 aliphatic heterocycles. The van der Waals surface area contributed by atoms with E-state index in [1.54, 1.807) is 0 Å². The molecule has 0 radical (unpaired) electrons. The van der Waals surface area contributed by atoms with E-state index >= 15 is 0 Å². The second kappa shape index (κ2) is 6.49. The highest BCUT2D eigenvalue weighted by molar-refractivity contribution is 5.85. The summed E-state index contributed by atoms with van der Waals surface area (Å²) in [5, 5.41) is 1.26. The molecule has 1 unspecified atom stereocenters. The van der Waals surface area contributed by atoms with Gasteiger partial charge in [0.25, 0.3) is 0 Å². The van der Waals surface area contributed by atoms with Crippen LogP contribution >= 0.6 is 0 Å². The SMILES string of the molecule is Cc1ccc2[nH]cc(CCC(=O)N3CCC4(CCCN(C)C4)C3)c2c1. The predicted octanol–water partition coefficient (Wildman–Crippen LogP) is 3.35. The highest BCUT2D eigenvalue weighted by Gasteiger charge is 2.41. The maximum absolute atomic E-state index is 12.8. The number of carbonyl (C=O) groups excluding carboxylic acids is 1. The molecule has 1 aromatic heterocycles. The fourth-order valence-electron chi connectivity index (χ4n) is 4.83. The van der Waals surface area contributed by atoms with Crippen molar-refractivity contribution in [1.82, 2.24) is 14.8 Å². The Morgan fingerprint density at radius 2 is 2.12 bits per heavy atom. The quantitative estimate of drug-likeness (QED) is 0.931. The van der Waals surface area contributed by atoms with Crippen molar-refractivity contribution in [1.29, 1.82) is 0 Å². The van der Waals surface area contributed by atoms with Crippen molar-refractivity contribution in [3.8, 4) is 0 Å². The Bertz CT molecular complexity index is 781. The van der Waals surface area contributed by atoms with Gasteiger partial charge in [-0.1, -0.05) is 11.6 Å². The fourth-order valence-corrected chi connectivity index (χ4v) is 4.83. The Balaban J connectivity index is 1.38. The molecule has 1 N–H and O–H groups in total. The summed E-state index contributed by atoms with van der Waals surface area (Å²) in [6.07, 6.45) is 7.24. The number of aromatic amines is 1. The molecule has 2 aromatic rings. The third-order valence-electron chi connectivity index (χ3n) is 6.17. The molecule has 0 aliphatic carbocycles. The Morgan fingerprint density at radius 3 is 2.96 bits per heavy atom. The van der Waals surface area contributed by atoms with Gasteiger partial charge in [-0.05, 0) is 63.9 Å². The molecular weight excluding hydrogens is 310 g/mol. The van der Waals surface area contributed by atoms with Gasteiger partial charge in [0.1, 0.15) is 0 Å².